The highest BCUT2D eigenvalue weighted by atomic mass is 16.5. The van der Waals surface area contributed by atoms with Crippen LogP contribution in [0, 0.1) is 0 Å². The molecule has 1 unspecified atom stereocenters. The van der Waals surface area contributed by atoms with Crippen molar-refractivity contribution in [1.82, 2.24) is 0 Å². The molecule has 1 rings (SSSR count). The number of aliphatic hydroxyl groups excluding tert-OH is 1. The van der Waals surface area contributed by atoms with E-state index in [1.54, 1.807) is 0 Å². The largest absolute Gasteiger partial charge is 0.395 e. The van der Waals surface area contributed by atoms with E-state index in [1.807, 2.05) is 18.2 Å². The molecule has 0 aromatic heterocycles. The van der Waals surface area contributed by atoms with Crippen LogP contribution in [0.2, 0.25) is 0 Å². The first-order valence-corrected chi connectivity index (χ1v) is 6.74. The van der Waals surface area contributed by atoms with Gasteiger partial charge < -0.3 is 9.84 Å². The van der Waals surface area contributed by atoms with Crippen LogP contribution in [0.3, 0.4) is 0 Å². The normalized spacial score (nSPS) is 15.4. The molecular formula is C16H26O2. The molecule has 0 aliphatic rings. The zero-order valence-corrected chi connectivity index (χ0v) is 12.1. The smallest absolute Gasteiger partial charge is 0.0598 e. The quantitative estimate of drug-likeness (QED) is 0.837. The molecule has 18 heavy (non-hydrogen) atoms. The van der Waals surface area contributed by atoms with Crippen LogP contribution in [-0.2, 0) is 10.2 Å². The molecule has 0 aliphatic heterocycles. The number of ether oxygens (including phenoxy) is 1. The molecule has 1 N–H and O–H groups in total. The van der Waals surface area contributed by atoms with Gasteiger partial charge in [-0.25, -0.2) is 0 Å². The monoisotopic (exact) mass is 250 g/mol. The van der Waals surface area contributed by atoms with Crippen molar-refractivity contribution in [3.05, 3.63) is 35.9 Å². The van der Waals surface area contributed by atoms with Crippen molar-refractivity contribution in [2.24, 2.45) is 0 Å². The summed E-state index contributed by atoms with van der Waals surface area (Å²) in [6.45, 7) is 9.14. The van der Waals surface area contributed by atoms with Gasteiger partial charge in [0, 0.05) is 12.0 Å². The Morgan fingerprint density at radius 3 is 2.17 bits per heavy atom. The van der Waals surface area contributed by atoms with Gasteiger partial charge in [-0.3, -0.25) is 0 Å². The Balaban J connectivity index is 2.76. The Bertz CT molecular complexity index is 334. The number of benzene rings is 1. The maximum Gasteiger partial charge on any atom is 0.0598 e. The molecule has 0 radical (unpaired) electrons. The highest BCUT2D eigenvalue weighted by molar-refractivity contribution is 5.25. The van der Waals surface area contributed by atoms with Crippen molar-refractivity contribution in [3.8, 4) is 0 Å². The highest BCUT2D eigenvalue weighted by Crippen LogP contribution is 2.31. The second kappa shape index (κ2) is 6.35. The van der Waals surface area contributed by atoms with Gasteiger partial charge in [-0.2, -0.15) is 0 Å². The Labute approximate surface area is 111 Å². The van der Waals surface area contributed by atoms with Crippen molar-refractivity contribution in [3.63, 3.8) is 0 Å². The molecule has 1 aromatic carbocycles. The molecule has 1 atom stereocenters. The minimum atomic E-state index is -0.174. The van der Waals surface area contributed by atoms with Crippen molar-refractivity contribution < 1.29 is 9.84 Å². The molecule has 102 valence electrons. The third-order valence-electron chi connectivity index (χ3n) is 3.48. The zero-order valence-electron chi connectivity index (χ0n) is 12.1. The van der Waals surface area contributed by atoms with Crippen LogP contribution in [-0.4, -0.2) is 23.9 Å². The van der Waals surface area contributed by atoms with E-state index in [4.69, 9.17) is 4.74 Å². The standard InChI is InChI=1S/C16H26O2/c1-5-16(13-17,11-12-18-15(2,3)4)14-9-7-6-8-10-14/h6-10,17H,5,11-13H2,1-4H3. The molecular weight excluding hydrogens is 224 g/mol. The van der Waals surface area contributed by atoms with Gasteiger partial charge >= 0.3 is 0 Å². The van der Waals surface area contributed by atoms with Gasteiger partial charge in [0.05, 0.1) is 12.2 Å². The van der Waals surface area contributed by atoms with Crippen LogP contribution < -0.4 is 0 Å². The molecule has 0 saturated carbocycles. The van der Waals surface area contributed by atoms with Crippen LogP contribution in [0.25, 0.3) is 0 Å². The lowest BCUT2D eigenvalue weighted by Gasteiger charge is -2.32. The SMILES string of the molecule is CCC(CO)(CCOC(C)(C)C)c1ccccc1. The molecule has 0 heterocycles. The fourth-order valence-corrected chi connectivity index (χ4v) is 2.15. The summed E-state index contributed by atoms with van der Waals surface area (Å²) in [4.78, 5) is 0. The first kappa shape index (κ1) is 15.2. The topological polar surface area (TPSA) is 29.5 Å². The van der Waals surface area contributed by atoms with E-state index in [2.05, 4.69) is 39.8 Å². The summed E-state index contributed by atoms with van der Waals surface area (Å²) in [5.41, 5.74) is 0.908. The van der Waals surface area contributed by atoms with Crippen LogP contribution in [0.5, 0.6) is 0 Å². The highest BCUT2D eigenvalue weighted by Gasteiger charge is 2.29. The fourth-order valence-electron chi connectivity index (χ4n) is 2.15. The van der Waals surface area contributed by atoms with Crippen LogP contribution in [0.4, 0.5) is 0 Å². The minimum absolute atomic E-state index is 0.119. The second-order valence-electron chi connectivity index (χ2n) is 5.87. The third kappa shape index (κ3) is 4.11. The lowest BCUT2D eigenvalue weighted by Crippen LogP contribution is -2.33. The Kier molecular flexibility index (Phi) is 5.36. The molecule has 0 amide bonds. The molecule has 0 bridgehead atoms. The summed E-state index contributed by atoms with van der Waals surface area (Å²) < 4.78 is 5.80. The summed E-state index contributed by atoms with van der Waals surface area (Å²) in [7, 11) is 0. The van der Waals surface area contributed by atoms with E-state index in [0.29, 0.717) is 6.61 Å². The lowest BCUT2D eigenvalue weighted by atomic mass is 9.76. The van der Waals surface area contributed by atoms with E-state index in [0.717, 1.165) is 12.8 Å². The number of hydrogen-bond donors (Lipinski definition) is 1. The minimum Gasteiger partial charge on any atom is -0.395 e. The van der Waals surface area contributed by atoms with E-state index < -0.39 is 0 Å². The first-order valence-electron chi connectivity index (χ1n) is 6.74. The van der Waals surface area contributed by atoms with Gasteiger partial charge in [-0.1, -0.05) is 37.3 Å². The molecule has 2 heteroatoms. The van der Waals surface area contributed by atoms with Gasteiger partial charge in [0.15, 0.2) is 0 Å². The van der Waals surface area contributed by atoms with E-state index in [9.17, 15) is 5.11 Å². The van der Waals surface area contributed by atoms with Crippen molar-refractivity contribution in [2.45, 2.75) is 51.6 Å². The van der Waals surface area contributed by atoms with Crippen LogP contribution >= 0.6 is 0 Å². The molecule has 0 fully saturated rings. The predicted molar refractivity (Wildman–Crippen MR) is 75.8 cm³/mol. The van der Waals surface area contributed by atoms with Crippen LogP contribution in [0.1, 0.15) is 46.1 Å². The number of aliphatic hydroxyl groups is 1. The van der Waals surface area contributed by atoms with Crippen molar-refractivity contribution >= 4 is 0 Å². The molecule has 0 spiro atoms. The molecule has 0 saturated heterocycles. The van der Waals surface area contributed by atoms with E-state index in [1.165, 1.54) is 5.56 Å². The Morgan fingerprint density at radius 1 is 1.11 bits per heavy atom. The maximum absolute atomic E-state index is 9.80. The van der Waals surface area contributed by atoms with Gasteiger partial charge in [-0.15, -0.1) is 0 Å². The van der Waals surface area contributed by atoms with E-state index in [-0.39, 0.29) is 17.6 Å². The summed E-state index contributed by atoms with van der Waals surface area (Å²) in [6.07, 6.45) is 1.77. The number of rotatable bonds is 6. The lowest BCUT2D eigenvalue weighted by molar-refractivity contribution is -0.0164. The predicted octanol–water partition coefficient (Wildman–Crippen LogP) is 3.53. The van der Waals surface area contributed by atoms with Gasteiger partial charge in [0.2, 0.25) is 0 Å². The third-order valence-corrected chi connectivity index (χ3v) is 3.48. The van der Waals surface area contributed by atoms with Crippen molar-refractivity contribution in [1.29, 1.82) is 0 Å². The van der Waals surface area contributed by atoms with Crippen LogP contribution in [0.15, 0.2) is 30.3 Å². The summed E-state index contributed by atoms with van der Waals surface area (Å²) in [6, 6.07) is 10.3. The van der Waals surface area contributed by atoms with Crippen molar-refractivity contribution in [2.75, 3.05) is 13.2 Å². The fraction of sp³-hybridized carbons (Fsp3) is 0.625. The molecule has 0 aliphatic carbocycles. The van der Waals surface area contributed by atoms with Gasteiger partial charge in [0.25, 0.3) is 0 Å². The summed E-state index contributed by atoms with van der Waals surface area (Å²) in [5.74, 6) is 0. The molecule has 2 nitrogen and oxygen atoms in total. The second-order valence-corrected chi connectivity index (χ2v) is 5.87. The van der Waals surface area contributed by atoms with E-state index >= 15 is 0 Å². The Morgan fingerprint density at radius 2 is 1.72 bits per heavy atom. The van der Waals surface area contributed by atoms with Gasteiger partial charge in [-0.05, 0) is 39.2 Å². The molecule has 1 aromatic rings. The van der Waals surface area contributed by atoms with Gasteiger partial charge in [0.1, 0.15) is 0 Å². The first-order chi connectivity index (χ1) is 8.43. The summed E-state index contributed by atoms with van der Waals surface area (Å²) in [5, 5.41) is 9.80. The zero-order chi connectivity index (χ0) is 13.6. The average molecular weight is 250 g/mol. The summed E-state index contributed by atoms with van der Waals surface area (Å²) >= 11 is 0. The Hall–Kier alpha value is -0.860. The number of hydrogen-bond acceptors (Lipinski definition) is 2. The maximum atomic E-state index is 9.80. The average Bonchev–Trinajstić information content (AvgIpc) is 2.35.